The molecule has 0 radical (unpaired) electrons. The lowest BCUT2D eigenvalue weighted by Gasteiger charge is -2.16. The molecule has 2 aromatic carbocycles. The van der Waals surface area contributed by atoms with Crippen LogP contribution >= 0.6 is 23.2 Å². The van der Waals surface area contributed by atoms with Crippen molar-refractivity contribution in [3.63, 3.8) is 0 Å². The summed E-state index contributed by atoms with van der Waals surface area (Å²) in [5.74, 6) is 1.28. The molecular formula is C32H33Cl2N5O3. The molecule has 0 aliphatic carbocycles. The van der Waals surface area contributed by atoms with E-state index >= 15 is 0 Å². The van der Waals surface area contributed by atoms with Crippen LogP contribution in [-0.2, 0) is 11.3 Å². The van der Waals surface area contributed by atoms with Crippen molar-refractivity contribution >= 4 is 29.1 Å². The summed E-state index contributed by atoms with van der Waals surface area (Å²) < 4.78 is 11.2. The van der Waals surface area contributed by atoms with Crippen LogP contribution < -0.4 is 25.8 Å². The zero-order valence-electron chi connectivity index (χ0n) is 23.7. The number of halogens is 2. The number of amides is 1. The second-order valence-electron chi connectivity index (χ2n) is 10.2. The molecule has 3 heterocycles. The quantitative estimate of drug-likeness (QED) is 0.197. The zero-order chi connectivity index (χ0) is 29.8. The second kappa shape index (κ2) is 13.1. The first-order chi connectivity index (χ1) is 20.3. The number of hydrogen-bond acceptors (Lipinski definition) is 7. The maximum absolute atomic E-state index is 11.5. The molecule has 0 saturated carbocycles. The van der Waals surface area contributed by atoms with Gasteiger partial charge in [0, 0.05) is 71.2 Å². The molecule has 1 fully saturated rings. The van der Waals surface area contributed by atoms with Crippen LogP contribution in [-0.4, -0.2) is 42.7 Å². The normalized spacial score (nSPS) is 15.4. The van der Waals surface area contributed by atoms with E-state index in [1.165, 1.54) is 0 Å². The van der Waals surface area contributed by atoms with Crippen LogP contribution in [0.15, 0.2) is 60.8 Å². The highest BCUT2D eigenvalue weighted by atomic mass is 35.5. The molecule has 4 aromatic rings. The van der Waals surface area contributed by atoms with Gasteiger partial charge in [0.2, 0.25) is 11.8 Å². The summed E-state index contributed by atoms with van der Waals surface area (Å²) in [7, 11) is 3.21. The number of pyridine rings is 2. The number of rotatable bonds is 10. The summed E-state index contributed by atoms with van der Waals surface area (Å²) in [4.78, 5) is 20.8. The molecule has 1 aliphatic heterocycles. The van der Waals surface area contributed by atoms with E-state index in [9.17, 15) is 4.79 Å². The Hall–Kier alpha value is -3.69. The van der Waals surface area contributed by atoms with E-state index in [4.69, 9.17) is 43.4 Å². The standard InChI is InChI=1S/C32H33Cl2N5O3/c1-18(35)22-10-7-19(15-27(22)41-2)31-30(34)24(13-14-37-31)23-5-4-6-25(29(23)33)26-11-8-20(32(39-26)42-3)16-36-17-21-9-12-28(40)38-21/h4-8,10-11,13-15,18,21,36H,9,12,16-17,35H2,1-3H3,(H,38,40)/t18-,21-/m0/s1. The second-order valence-corrected chi connectivity index (χ2v) is 11.0. The first kappa shape index (κ1) is 29.8. The van der Waals surface area contributed by atoms with Gasteiger partial charge in [0.15, 0.2) is 0 Å². The molecule has 0 bridgehead atoms. The lowest BCUT2D eigenvalue weighted by Crippen LogP contribution is -2.35. The summed E-state index contributed by atoms with van der Waals surface area (Å²) in [5.41, 5.74) is 12.2. The van der Waals surface area contributed by atoms with E-state index in [0.29, 0.717) is 52.6 Å². The highest BCUT2D eigenvalue weighted by Gasteiger charge is 2.21. The Morgan fingerprint density at radius 1 is 1.05 bits per heavy atom. The number of hydrogen-bond donors (Lipinski definition) is 3. The van der Waals surface area contributed by atoms with Crippen molar-refractivity contribution < 1.29 is 14.3 Å². The minimum absolute atomic E-state index is 0.102. The molecule has 0 spiro atoms. The van der Waals surface area contributed by atoms with Gasteiger partial charge in [-0.3, -0.25) is 9.78 Å². The molecule has 1 aliphatic rings. The van der Waals surface area contributed by atoms with Gasteiger partial charge in [0.1, 0.15) is 5.75 Å². The lowest BCUT2D eigenvalue weighted by molar-refractivity contribution is -0.119. The van der Waals surface area contributed by atoms with Crippen molar-refractivity contribution in [1.82, 2.24) is 20.6 Å². The molecule has 218 valence electrons. The Labute approximate surface area is 255 Å². The predicted octanol–water partition coefficient (Wildman–Crippen LogP) is 6.19. The monoisotopic (exact) mass is 605 g/mol. The number of carbonyl (C=O) groups excluding carboxylic acids is 1. The van der Waals surface area contributed by atoms with Crippen LogP contribution in [0.2, 0.25) is 10.0 Å². The number of nitrogens with zero attached hydrogens (tertiary/aromatic N) is 2. The maximum atomic E-state index is 11.5. The number of aromatic nitrogens is 2. The molecule has 1 amide bonds. The highest BCUT2D eigenvalue weighted by molar-refractivity contribution is 6.39. The molecular weight excluding hydrogens is 573 g/mol. The summed E-state index contributed by atoms with van der Waals surface area (Å²) in [5, 5.41) is 7.33. The predicted molar refractivity (Wildman–Crippen MR) is 167 cm³/mol. The van der Waals surface area contributed by atoms with E-state index in [0.717, 1.165) is 39.8 Å². The van der Waals surface area contributed by atoms with Crippen molar-refractivity contribution in [1.29, 1.82) is 0 Å². The molecule has 5 rings (SSSR count). The first-order valence-corrected chi connectivity index (χ1v) is 14.5. The van der Waals surface area contributed by atoms with Gasteiger partial charge in [0.05, 0.1) is 35.7 Å². The van der Waals surface area contributed by atoms with Crippen LogP contribution in [0.1, 0.15) is 36.9 Å². The van der Waals surface area contributed by atoms with Crippen molar-refractivity contribution in [2.24, 2.45) is 5.73 Å². The molecule has 0 unspecified atom stereocenters. The average Bonchev–Trinajstić information content (AvgIpc) is 3.42. The third-order valence-electron chi connectivity index (χ3n) is 7.38. The number of nitrogens with two attached hydrogens (primary N) is 1. The summed E-state index contributed by atoms with van der Waals surface area (Å²) in [6.45, 7) is 3.15. The van der Waals surface area contributed by atoms with Gasteiger partial charge in [-0.25, -0.2) is 4.98 Å². The Morgan fingerprint density at radius 2 is 1.83 bits per heavy atom. The van der Waals surface area contributed by atoms with E-state index < -0.39 is 0 Å². The highest BCUT2D eigenvalue weighted by Crippen LogP contribution is 2.42. The molecule has 10 heteroatoms. The van der Waals surface area contributed by atoms with E-state index in [2.05, 4.69) is 15.6 Å². The van der Waals surface area contributed by atoms with Gasteiger partial charge in [-0.1, -0.05) is 59.6 Å². The summed E-state index contributed by atoms with van der Waals surface area (Å²) in [6.07, 6.45) is 3.13. The van der Waals surface area contributed by atoms with Crippen molar-refractivity contribution in [3.8, 4) is 45.3 Å². The third-order valence-corrected chi connectivity index (χ3v) is 8.16. The Kier molecular flexibility index (Phi) is 9.28. The minimum Gasteiger partial charge on any atom is -0.496 e. The maximum Gasteiger partial charge on any atom is 0.220 e. The number of methoxy groups -OCH3 is 2. The van der Waals surface area contributed by atoms with Crippen LogP contribution in [0.3, 0.4) is 0 Å². The topological polar surface area (TPSA) is 111 Å². The van der Waals surface area contributed by atoms with Gasteiger partial charge in [0.25, 0.3) is 0 Å². The fourth-order valence-corrected chi connectivity index (χ4v) is 5.81. The van der Waals surface area contributed by atoms with E-state index in [1.54, 1.807) is 20.4 Å². The number of benzene rings is 2. The van der Waals surface area contributed by atoms with Crippen molar-refractivity contribution in [2.75, 3.05) is 20.8 Å². The molecule has 42 heavy (non-hydrogen) atoms. The smallest absolute Gasteiger partial charge is 0.220 e. The number of carbonyl (C=O) groups is 1. The molecule has 2 aromatic heterocycles. The van der Waals surface area contributed by atoms with Gasteiger partial charge in [-0.2, -0.15) is 0 Å². The molecule has 1 saturated heterocycles. The Morgan fingerprint density at radius 3 is 2.55 bits per heavy atom. The molecule has 4 N–H and O–H groups in total. The van der Waals surface area contributed by atoms with Gasteiger partial charge >= 0.3 is 0 Å². The van der Waals surface area contributed by atoms with Gasteiger partial charge in [-0.05, 0) is 31.5 Å². The molecule has 8 nitrogen and oxygen atoms in total. The van der Waals surface area contributed by atoms with Gasteiger partial charge in [-0.15, -0.1) is 0 Å². The zero-order valence-corrected chi connectivity index (χ0v) is 25.2. The van der Waals surface area contributed by atoms with Crippen LogP contribution in [0.25, 0.3) is 33.6 Å². The van der Waals surface area contributed by atoms with Crippen LogP contribution in [0.5, 0.6) is 11.6 Å². The Bertz CT molecular complexity index is 1610. The largest absolute Gasteiger partial charge is 0.496 e. The third kappa shape index (κ3) is 6.22. The van der Waals surface area contributed by atoms with Gasteiger partial charge < -0.3 is 25.8 Å². The van der Waals surface area contributed by atoms with Crippen LogP contribution in [0, 0.1) is 0 Å². The van der Waals surface area contributed by atoms with Crippen molar-refractivity contribution in [3.05, 3.63) is 82.0 Å². The lowest BCUT2D eigenvalue weighted by atomic mass is 9.98. The first-order valence-electron chi connectivity index (χ1n) is 13.7. The number of ether oxygens (including phenoxy) is 2. The van der Waals surface area contributed by atoms with E-state index in [1.807, 2.05) is 61.5 Å². The van der Waals surface area contributed by atoms with E-state index in [-0.39, 0.29) is 18.0 Å². The fraction of sp³-hybridized carbons (Fsp3) is 0.281. The van der Waals surface area contributed by atoms with Crippen LogP contribution in [0.4, 0.5) is 0 Å². The summed E-state index contributed by atoms with van der Waals surface area (Å²) >= 11 is 14.0. The number of nitrogens with one attached hydrogen (secondary N) is 2. The molecule has 2 atom stereocenters. The Balaban J connectivity index is 1.43. The fourth-order valence-electron chi connectivity index (χ4n) is 5.17. The van der Waals surface area contributed by atoms with Crippen molar-refractivity contribution in [2.45, 2.75) is 38.4 Å². The minimum atomic E-state index is -0.177. The SMILES string of the molecule is COc1cc(-c2nccc(-c3cccc(-c4ccc(CNC[C@@H]5CCC(=O)N5)c(OC)n4)c3Cl)c2Cl)ccc1[C@H](C)N. The summed E-state index contributed by atoms with van der Waals surface area (Å²) in [6, 6.07) is 17.2. The average molecular weight is 607 g/mol.